The molecule has 2 aliphatic heterocycles. The summed E-state index contributed by atoms with van der Waals surface area (Å²) in [7, 11) is 0. The van der Waals surface area contributed by atoms with Crippen molar-refractivity contribution < 1.29 is 12.3 Å². The van der Waals surface area contributed by atoms with E-state index < -0.39 is 24.8 Å². The Morgan fingerprint density at radius 1 is 0.283 bits per heavy atom. The van der Waals surface area contributed by atoms with Gasteiger partial charge in [-0.2, -0.15) is 0 Å². The number of hydrogen-bond acceptors (Lipinski definition) is 4. The van der Waals surface area contributed by atoms with Crippen LogP contribution in [0.5, 0.6) is 0 Å². The van der Waals surface area contributed by atoms with Gasteiger partial charge in [-0.15, -0.1) is 22.7 Å². The molecule has 0 amide bonds. The van der Waals surface area contributed by atoms with Gasteiger partial charge in [-0.05, 0) is 192 Å². The van der Waals surface area contributed by atoms with Gasteiger partial charge in [-0.25, -0.2) is 0 Å². The molecule has 0 unspecified atom stereocenters. The number of nitrogens with zero attached hydrogens (tertiary/aromatic N) is 4. The highest BCUT2D eigenvalue weighted by Gasteiger charge is 2.45. The predicted molar refractivity (Wildman–Crippen MR) is 486 cm³/mol. The zero-order chi connectivity index (χ0) is 82.6. The van der Waals surface area contributed by atoms with Crippen molar-refractivity contribution in [2.45, 2.75) is 26.2 Å². The molecule has 7 heteroatoms. The number of anilines is 6. The molecule has 6 heterocycles. The van der Waals surface area contributed by atoms with Gasteiger partial charge in [0, 0.05) is 107 Å². The summed E-state index contributed by atoms with van der Waals surface area (Å²) in [6.07, 6.45) is 0. The lowest BCUT2D eigenvalue weighted by Gasteiger charge is -2.45. The van der Waals surface area contributed by atoms with E-state index in [-0.39, 0.29) is 47.2 Å². The Morgan fingerprint density at radius 3 is 1.34 bits per heavy atom. The van der Waals surface area contributed by atoms with Crippen LogP contribution < -0.4 is 26.2 Å². The van der Waals surface area contributed by atoms with Crippen molar-refractivity contribution in [3.63, 3.8) is 0 Å². The monoisotopic (exact) mass is 1480 g/mol. The molecule has 2 aliphatic rings. The van der Waals surface area contributed by atoms with E-state index >= 15 is 0 Å². The van der Waals surface area contributed by atoms with Crippen LogP contribution in [-0.4, -0.2) is 15.8 Å². The topological polar surface area (TPSA) is 16.3 Å². The van der Waals surface area contributed by atoms with Gasteiger partial charge in [0.05, 0.1) is 45.8 Å². The lowest BCUT2D eigenvalue weighted by molar-refractivity contribution is 0.590. The third-order valence-corrected chi connectivity index (χ3v) is 25.7. The van der Waals surface area contributed by atoms with Gasteiger partial charge in [0.25, 0.3) is 6.71 Å². The molecule has 530 valence electrons. The highest BCUT2D eigenvalue weighted by molar-refractivity contribution is 7.26. The van der Waals surface area contributed by atoms with Crippen molar-refractivity contribution >= 4 is 164 Å². The minimum Gasteiger partial charge on any atom is -0.311 e. The molecule has 17 aromatic carbocycles. The van der Waals surface area contributed by atoms with E-state index in [4.69, 9.17) is 2.74 Å². The minimum atomic E-state index is -0.570. The van der Waals surface area contributed by atoms with Crippen LogP contribution >= 0.6 is 22.7 Å². The first-order chi connectivity index (χ1) is 59.4. The Morgan fingerprint density at radius 2 is 0.735 bits per heavy atom. The molecular weight excluding hydrogens is 1400 g/mol. The molecule has 0 fully saturated rings. The quantitative estimate of drug-likeness (QED) is 0.127. The summed E-state index contributed by atoms with van der Waals surface area (Å²) in [5.41, 5.74) is 25.1. The van der Waals surface area contributed by atoms with Gasteiger partial charge in [0.15, 0.2) is 0 Å². The molecule has 0 bridgehead atoms. The molecule has 0 aliphatic carbocycles. The molecule has 23 rings (SSSR count). The third kappa shape index (κ3) is 10.1. The van der Waals surface area contributed by atoms with E-state index in [1.165, 1.54) is 37.1 Å². The van der Waals surface area contributed by atoms with Gasteiger partial charge >= 0.3 is 0 Å². The van der Waals surface area contributed by atoms with Gasteiger partial charge in [0.2, 0.25) is 0 Å². The number of hydrogen-bond donors (Lipinski definition) is 0. The van der Waals surface area contributed by atoms with Crippen LogP contribution in [0.3, 0.4) is 0 Å². The van der Waals surface area contributed by atoms with Crippen molar-refractivity contribution in [3.8, 4) is 78.1 Å². The minimum absolute atomic E-state index is 0.0804. The Labute approximate surface area is 676 Å². The lowest BCUT2D eigenvalue weighted by Crippen LogP contribution is -2.61. The summed E-state index contributed by atoms with van der Waals surface area (Å²) in [6, 6.07) is 113. The maximum absolute atomic E-state index is 9.80. The van der Waals surface area contributed by atoms with Crippen LogP contribution in [0.4, 0.5) is 34.1 Å². The molecule has 0 saturated carbocycles. The summed E-state index contributed by atoms with van der Waals surface area (Å²) in [6.45, 7) is 6.18. The summed E-state index contributed by atoms with van der Waals surface area (Å²) in [5.74, 6) is 0. The lowest BCUT2D eigenvalue weighted by atomic mass is 9.33. The fourth-order valence-corrected chi connectivity index (χ4v) is 20.8. The predicted octanol–water partition coefficient (Wildman–Crippen LogP) is 28.0. The Hall–Kier alpha value is -13.6. The summed E-state index contributed by atoms with van der Waals surface area (Å²) < 4.78 is 92.8. The zero-order valence-electron chi connectivity index (χ0n) is 70.8. The van der Waals surface area contributed by atoms with Crippen molar-refractivity contribution in [2.75, 3.05) is 9.80 Å². The molecule has 0 spiro atoms. The van der Waals surface area contributed by atoms with Crippen molar-refractivity contribution in [3.05, 3.63) is 381 Å². The molecule has 0 N–H and O–H groups in total. The number of thiophene rings is 2. The molecule has 0 atom stereocenters. The second-order valence-corrected chi connectivity index (χ2v) is 32.8. The van der Waals surface area contributed by atoms with Gasteiger partial charge < -0.3 is 18.9 Å². The molecule has 4 nitrogen and oxygen atoms in total. The fraction of sp³-hybridized carbons (Fsp3) is 0.0377. The number of aromatic nitrogens is 2. The average Bonchev–Trinajstić information content (AvgIpc) is 0.949. The Kier molecular flexibility index (Phi) is 12.8. The zero-order valence-corrected chi connectivity index (χ0v) is 63.4. The largest absolute Gasteiger partial charge is 0.311 e. The van der Waals surface area contributed by atoms with Crippen LogP contribution in [0.1, 0.15) is 38.7 Å². The number of benzene rings is 17. The van der Waals surface area contributed by atoms with Crippen LogP contribution in [0.15, 0.2) is 376 Å². The molecule has 4 aromatic heterocycles. The fourth-order valence-electron chi connectivity index (χ4n) is 18.6. The highest BCUT2D eigenvalue weighted by Crippen LogP contribution is 2.54. The summed E-state index contributed by atoms with van der Waals surface area (Å²) >= 11 is 3.19. The van der Waals surface area contributed by atoms with E-state index in [1.54, 1.807) is 0 Å². The first-order valence-corrected chi connectivity index (χ1v) is 40.0. The van der Waals surface area contributed by atoms with E-state index in [2.05, 4.69) is 331 Å². The second-order valence-electron chi connectivity index (χ2n) is 30.7. The van der Waals surface area contributed by atoms with Gasteiger partial charge in [-0.3, -0.25) is 0 Å². The van der Waals surface area contributed by atoms with Crippen LogP contribution in [-0.2, 0) is 5.41 Å². The van der Waals surface area contributed by atoms with Crippen molar-refractivity contribution in [2.24, 2.45) is 0 Å². The highest BCUT2D eigenvalue weighted by atomic mass is 32.1. The van der Waals surface area contributed by atoms with Crippen LogP contribution in [0.25, 0.3) is 162 Å². The van der Waals surface area contributed by atoms with Crippen molar-refractivity contribution in [1.82, 2.24) is 9.13 Å². The normalized spacial score (nSPS) is 13.8. The molecule has 113 heavy (non-hydrogen) atoms. The molecular formula is C106H71BN4S2. The average molecular weight is 1480 g/mol. The van der Waals surface area contributed by atoms with E-state index in [0.29, 0.717) is 15.6 Å². The smallest absolute Gasteiger partial charge is 0.252 e. The van der Waals surface area contributed by atoms with Gasteiger partial charge in [0.1, 0.15) is 0 Å². The maximum atomic E-state index is 9.80. The first-order valence-electron chi connectivity index (χ1n) is 42.9. The summed E-state index contributed by atoms with van der Waals surface area (Å²) in [4.78, 5) is 4.81. The SMILES string of the molecule is [2H]c1c([2H])c([2H])c(-c2ccc3c(c2)N(c2ccc(-c4ccccc4)cc2)c2cc(-c4c(-c5cccc6sc7c([2H])c([2H])c([2H])c([2H])c7c56)cccc4-n4c5ccccc5c5ccccc54)cc4c2B3c2cc(-c3c(-c5cccc6sc7ccccc7c56)cccc3-n3c5ccccc5c5ccccc53)ccc2N4c2ccc(C(C)(C)C)cc2)c([2H])c1[2H]. The van der Waals surface area contributed by atoms with E-state index in [9.17, 15) is 9.60 Å². The Bertz CT molecular complexity index is 7950. The number of fused-ring (bicyclic) bond motifs is 16. The van der Waals surface area contributed by atoms with Crippen LogP contribution in [0.2, 0.25) is 0 Å². The third-order valence-electron chi connectivity index (χ3n) is 23.5. The first kappa shape index (κ1) is 56.6. The van der Waals surface area contributed by atoms with Crippen molar-refractivity contribution in [1.29, 1.82) is 0 Å². The Balaban J connectivity index is 0.883. The molecule has 0 saturated heterocycles. The standard InChI is InChI=1S/C106H71BN4S2/c1-106(2,3)72-54-58-74(59-55-72)108-91-61-53-70(101-79(81-38-24-48-99-103(81)83-34-14-20-46-97(83)112-99)36-22-44-92(101)110-87-40-16-10-30-75(87)76-31-11-17-41-88(76)110)62-86(91)107-85-60-52-69(67-28-8-5-9-29-67)63-94(85)109(73-56-50-68(51-57-73)66-26-6-4-7-27-66)96-65-71(64-95(108)105(96)107)102-80(82-39-25-49-100-104(82)84-35-15-21-47-98(84)113-100)37-23-45-93(102)111-89-42-18-12-32-77(89)78-33-13-19-43-90(78)111/h4-65H,1-3H3/i5D,8D,9D,15D,21D,28D,29D,35D,47D. The molecule has 21 aromatic rings. The molecule has 0 radical (unpaired) electrons. The summed E-state index contributed by atoms with van der Waals surface area (Å²) in [5, 5.41) is 8.00. The van der Waals surface area contributed by atoms with E-state index in [1.807, 2.05) is 41.7 Å². The second kappa shape index (κ2) is 25.5. The number of rotatable bonds is 10. The van der Waals surface area contributed by atoms with E-state index in [0.717, 1.165) is 171 Å². The van der Waals surface area contributed by atoms with Gasteiger partial charge in [-0.1, -0.05) is 287 Å². The number of para-hydroxylation sites is 4. The maximum Gasteiger partial charge on any atom is 0.252 e. The van der Waals surface area contributed by atoms with Crippen LogP contribution in [0, 0.1) is 0 Å².